The lowest BCUT2D eigenvalue weighted by Crippen LogP contribution is -2.55. The molecule has 3 heterocycles. The van der Waals surface area contributed by atoms with E-state index in [0.717, 1.165) is 16.8 Å². The molecule has 2 amide bonds. The predicted octanol–water partition coefficient (Wildman–Crippen LogP) is 5.59. The summed E-state index contributed by atoms with van der Waals surface area (Å²) in [5, 5.41) is 4.19. The molecule has 0 unspecified atom stereocenters. The SMILES string of the molecule is CC(C)(NC(=O)c1ccc2c(C3CCCCC3)c3n(c2c1)CCOc1ccccc1-3)C(=O)N1C=COCC1. The number of hydrogen-bond donors (Lipinski definition) is 1. The van der Waals surface area contributed by atoms with Gasteiger partial charge >= 0.3 is 0 Å². The number of rotatable bonds is 4. The fraction of sp³-hybridized carbons (Fsp3) is 0.419. The second-order valence-electron chi connectivity index (χ2n) is 11.1. The van der Waals surface area contributed by atoms with Crippen molar-refractivity contribution in [2.45, 2.75) is 64.0 Å². The first kappa shape index (κ1) is 24.6. The third-order valence-corrected chi connectivity index (χ3v) is 8.10. The van der Waals surface area contributed by atoms with E-state index in [1.807, 2.05) is 18.2 Å². The van der Waals surface area contributed by atoms with Crippen LogP contribution in [0.5, 0.6) is 5.75 Å². The fourth-order valence-corrected chi connectivity index (χ4v) is 6.23. The Bertz CT molecular complexity index is 1410. The summed E-state index contributed by atoms with van der Waals surface area (Å²) in [7, 11) is 0. The van der Waals surface area contributed by atoms with Gasteiger partial charge in [0.15, 0.2) is 0 Å². The van der Waals surface area contributed by atoms with Crippen LogP contribution in [0.3, 0.4) is 0 Å². The molecule has 2 aliphatic heterocycles. The van der Waals surface area contributed by atoms with Crippen LogP contribution in [0.15, 0.2) is 54.9 Å². The van der Waals surface area contributed by atoms with Crippen LogP contribution in [-0.2, 0) is 16.1 Å². The summed E-state index contributed by atoms with van der Waals surface area (Å²) < 4.78 is 13.7. The molecular formula is C31H35N3O4. The smallest absolute Gasteiger partial charge is 0.252 e. The summed E-state index contributed by atoms with van der Waals surface area (Å²) in [5.74, 6) is 0.979. The van der Waals surface area contributed by atoms with Gasteiger partial charge in [0.1, 0.15) is 24.5 Å². The summed E-state index contributed by atoms with van der Waals surface area (Å²) in [5.41, 5.74) is 4.27. The van der Waals surface area contributed by atoms with E-state index in [-0.39, 0.29) is 11.8 Å². The molecule has 0 spiro atoms. The van der Waals surface area contributed by atoms with E-state index in [0.29, 0.717) is 37.8 Å². The van der Waals surface area contributed by atoms with Crippen LogP contribution in [0.4, 0.5) is 0 Å². The minimum Gasteiger partial charge on any atom is -0.498 e. The van der Waals surface area contributed by atoms with Crippen molar-refractivity contribution in [2.24, 2.45) is 0 Å². The van der Waals surface area contributed by atoms with E-state index in [1.54, 1.807) is 24.9 Å². The zero-order valence-electron chi connectivity index (χ0n) is 22.2. The number of nitrogens with one attached hydrogen (secondary N) is 1. The number of fused-ring (bicyclic) bond motifs is 5. The molecule has 1 aliphatic carbocycles. The fourth-order valence-electron chi connectivity index (χ4n) is 6.23. The van der Waals surface area contributed by atoms with Gasteiger partial charge in [-0.2, -0.15) is 0 Å². The maximum absolute atomic E-state index is 13.5. The normalized spacial score (nSPS) is 17.7. The number of amides is 2. The number of hydrogen-bond acceptors (Lipinski definition) is 4. The molecular weight excluding hydrogens is 478 g/mol. The van der Waals surface area contributed by atoms with E-state index in [4.69, 9.17) is 9.47 Å². The molecule has 2 aromatic carbocycles. The lowest BCUT2D eigenvalue weighted by Gasteiger charge is -2.31. The van der Waals surface area contributed by atoms with Gasteiger partial charge in [-0.1, -0.05) is 37.5 Å². The average molecular weight is 514 g/mol. The van der Waals surface area contributed by atoms with Gasteiger partial charge in [-0.15, -0.1) is 0 Å². The molecule has 0 bridgehead atoms. The first-order chi connectivity index (χ1) is 18.4. The van der Waals surface area contributed by atoms with Crippen molar-refractivity contribution in [2.75, 3.05) is 19.8 Å². The van der Waals surface area contributed by atoms with Gasteiger partial charge in [0.05, 0.1) is 25.0 Å². The number of ether oxygens (including phenoxy) is 2. The molecule has 1 aromatic heterocycles. The number of benzene rings is 2. The Kier molecular flexibility index (Phi) is 6.38. The van der Waals surface area contributed by atoms with Crippen molar-refractivity contribution in [3.63, 3.8) is 0 Å². The minimum atomic E-state index is -1.07. The molecule has 0 atom stereocenters. The highest BCUT2D eigenvalue weighted by Crippen LogP contribution is 2.47. The highest BCUT2D eigenvalue weighted by atomic mass is 16.5. The Labute approximate surface area is 223 Å². The first-order valence-corrected chi connectivity index (χ1v) is 13.7. The van der Waals surface area contributed by atoms with Crippen LogP contribution in [0, 0.1) is 0 Å². The zero-order valence-corrected chi connectivity index (χ0v) is 22.2. The second kappa shape index (κ2) is 9.86. The standard InChI is InChI=1S/C31H35N3O4/c1-31(2,30(36)33-14-17-37-18-15-33)32-29(35)22-12-13-23-25(20-22)34-16-19-38-26-11-7-6-10-24(26)28(34)27(23)21-8-4-3-5-9-21/h6-7,10-14,17,20-21H,3-5,8-9,15-16,18-19H2,1-2H3,(H,32,35). The number of aromatic nitrogens is 1. The topological polar surface area (TPSA) is 72.8 Å². The first-order valence-electron chi connectivity index (χ1n) is 13.7. The van der Waals surface area contributed by atoms with E-state index in [1.165, 1.54) is 55.0 Å². The quantitative estimate of drug-likeness (QED) is 0.494. The summed E-state index contributed by atoms with van der Waals surface area (Å²) >= 11 is 0. The predicted molar refractivity (Wildman–Crippen MR) is 147 cm³/mol. The molecule has 7 heteroatoms. The number of carbonyl (C=O) groups is 2. The van der Waals surface area contributed by atoms with Gasteiger partial charge in [0.2, 0.25) is 0 Å². The molecule has 0 radical (unpaired) electrons. The van der Waals surface area contributed by atoms with Gasteiger partial charge in [0, 0.05) is 28.2 Å². The van der Waals surface area contributed by atoms with Crippen LogP contribution in [0.1, 0.15) is 67.8 Å². The van der Waals surface area contributed by atoms with E-state index < -0.39 is 5.54 Å². The van der Waals surface area contributed by atoms with Gasteiger partial charge in [-0.25, -0.2) is 0 Å². The third kappa shape index (κ3) is 4.34. The maximum Gasteiger partial charge on any atom is 0.252 e. The van der Waals surface area contributed by atoms with Crippen LogP contribution in [0.2, 0.25) is 0 Å². The van der Waals surface area contributed by atoms with Gasteiger partial charge in [0.25, 0.3) is 11.8 Å². The summed E-state index contributed by atoms with van der Waals surface area (Å²) in [6.07, 6.45) is 9.29. The lowest BCUT2D eigenvalue weighted by atomic mass is 9.81. The third-order valence-electron chi connectivity index (χ3n) is 8.10. The van der Waals surface area contributed by atoms with Crippen LogP contribution >= 0.6 is 0 Å². The van der Waals surface area contributed by atoms with Crippen molar-refractivity contribution >= 4 is 22.7 Å². The molecule has 38 heavy (non-hydrogen) atoms. The van der Waals surface area contributed by atoms with Crippen molar-refractivity contribution in [1.29, 1.82) is 0 Å². The van der Waals surface area contributed by atoms with Gasteiger partial charge in [-0.05, 0) is 62.4 Å². The maximum atomic E-state index is 13.5. The van der Waals surface area contributed by atoms with Crippen molar-refractivity contribution in [1.82, 2.24) is 14.8 Å². The molecule has 0 saturated heterocycles. The highest BCUT2D eigenvalue weighted by Gasteiger charge is 2.34. The highest BCUT2D eigenvalue weighted by molar-refractivity contribution is 6.03. The molecule has 1 saturated carbocycles. The summed E-state index contributed by atoms with van der Waals surface area (Å²) in [4.78, 5) is 28.2. The molecule has 6 rings (SSSR count). The van der Waals surface area contributed by atoms with Crippen molar-refractivity contribution < 1.29 is 19.1 Å². The van der Waals surface area contributed by atoms with E-state index >= 15 is 0 Å². The van der Waals surface area contributed by atoms with Crippen LogP contribution in [-0.4, -0.2) is 46.6 Å². The van der Waals surface area contributed by atoms with Crippen LogP contribution in [0.25, 0.3) is 22.2 Å². The molecule has 3 aliphatic rings. The number of para-hydroxylation sites is 1. The molecule has 198 valence electrons. The molecule has 3 aromatic rings. The van der Waals surface area contributed by atoms with Gasteiger partial charge < -0.3 is 24.3 Å². The zero-order chi connectivity index (χ0) is 26.3. The second-order valence-corrected chi connectivity index (χ2v) is 11.1. The van der Waals surface area contributed by atoms with E-state index in [2.05, 4.69) is 34.1 Å². The van der Waals surface area contributed by atoms with Gasteiger partial charge in [-0.3, -0.25) is 9.59 Å². The average Bonchev–Trinajstić information content (AvgIpc) is 3.14. The lowest BCUT2D eigenvalue weighted by molar-refractivity contribution is -0.135. The summed E-state index contributed by atoms with van der Waals surface area (Å²) in [6, 6.07) is 14.3. The summed E-state index contributed by atoms with van der Waals surface area (Å²) in [6.45, 7) is 5.68. The van der Waals surface area contributed by atoms with E-state index in [9.17, 15) is 9.59 Å². The molecule has 1 fully saturated rings. The Balaban J connectivity index is 1.40. The Hall–Kier alpha value is -3.74. The monoisotopic (exact) mass is 513 g/mol. The largest absolute Gasteiger partial charge is 0.498 e. The Morgan fingerprint density at radius 2 is 1.82 bits per heavy atom. The number of carbonyl (C=O) groups excluding carboxylic acids is 2. The minimum absolute atomic E-state index is 0.170. The number of nitrogens with zero attached hydrogens (tertiary/aromatic N) is 2. The Morgan fingerprint density at radius 1 is 1.00 bits per heavy atom. The van der Waals surface area contributed by atoms with Crippen molar-refractivity contribution in [3.05, 3.63) is 66.1 Å². The van der Waals surface area contributed by atoms with Crippen molar-refractivity contribution in [3.8, 4) is 17.0 Å². The Morgan fingerprint density at radius 3 is 2.61 bits per heavy atom. The van der Waals surface area contributed by atoms with Crippen LogP contribution < -0.4 is 10.1 Å². The molecule has 7 nitrogen and oxygen atoms in total. The molecule has 1 N–H and O–H groups in total.